The van der Waals surface area contributed by atoms with Crippen LogP contribution in [0, 0.1) is 10.1 Å². The number of nitro benzene ring substituents is 1. The van der Waals surface area contributed by atoms with Crippen molar-refractivity contribution < 1.29 is 18.1 Å². The zero-order valence-corrected chi connectivity index (χ0v) is 12.0. The molecule has 1 aromatic carbocycles. The summed E-state index contributed by atoms with van der Waals surface area (Å²) in [5.74, 6) is 5.26. The van der Waals surface area contributed by atoms with Gasteiger partial charge in [0.05, 0.1) is 15.5 Å². The fourth-order valence-corrected chi connectivity index (χ4v) is 2.04. The van der Waals surface area contributed by atoms with Gasteiger partial charge in [0.25, 0.3) is 5.69 Å². The lowest BCUT2D eigenvalue weighted by atomic mass is 10.1. The second kappa shape index (κ2) is 6.21. The van der Waals surface area contributed by atoms with Crippen molar-refractivity contribution in [1.82, 2.24) is 4.98 Å². The van der Waals surface area contributed by atoms with Gasteiger partial charge in [0, 0.05) is 23.9 Å². The van der Waals surface area contributed by atoms with Gasteiger partial charge in [-0.3, -0.25) is 15.1 Å². The Labute approximate surface area is 132 Å². The van der Waals surface area contributed by atoms with Crippen LogP contribution in [0.2, 0.25) is 5.02 Å². The number of nitrogens with zero attached hydrogens (tertiary/aromatic N) is 3. The maximum absolute atomic E-state index is 12.6. The molecule has 1 heterocycles. The van der Waals surface area contributed by atoms with Crippen molar-refractivity contribution in [1.29, 1.82) is 0 Å². The lowest BCUT2D eigenvalue weighted by molar-refractivity contribution is -0.384. The van der Waals surface area contributed by atoms with E-state index in [2.05, 4.69) is 10.1 Å². The highest BCUT2D eigenvalue weighted by Crippen LogP contribution is 2.31. The van der Waals surface area contributed by atoms with Gasteiger partial charge in [-0.15, -0.1) is 0 Å². The summed E-state index contributed by atoms with van der Waals surface area (Å²) in [7, 11) is 0. The minimum atomic E-state index is -4.58. The van der Waals surface area contributed by atoms with E-state index >= 15 is 0 Å². The molecule has 0 amide bonds. The van der Waals surface area contributed by atoms with Crippen molar-refractivity contribution in [2.24, 2.45) is 10.9 Å². The second-order valence-corrected chi connectivity index (χ2v) is 4.74. The molecule has 23 heavy (non-hydrogen) atoms. The molecule has 6 nitrogen and oxygen atoms in total. The Kier molecular flexibility index (Phi) is 4.50. The SMILES string of the molecule is N/N=C(/c1ccc([N+](=O)[O-])cc1)c1ncc(C(F)(F)F)cc1Cl. The van der Waals surface area contributed by atoms with Crippen molar-refractivity contribution in [3.63, 3.8) is 0 Å². The number of aromatic nitrogens is 1. The first-order valence-electron chi connectivity index (χ1n) is 6.00. The zero-order valence-electron chi connectivity index (χ0n) is 11.2. The Hall–Kier alpha value is -2.68. The third-order valence-electron chi connectivity index (χ3n) is 2.87. The van der Waals surface area contributed by atoms with Crippen LogP contribution in [0.4, 0.5) is 18.9 Å². The predicted octanol–water partition coefficient (Wildman–Crippen LogP) is 3.37. The molecule has 120 valence electrons. The van der Waals surface area contributed by atoms with E-state index < -0.39 is 16.7 Å². The van der Waals surface area contributed by atoms with Crippen LogP contribution in [-0.4, -0.2) is 15.6 Å². The number of non-ortho nitro benzene ring substituents is 1. The van der Waals surface area contributed by atoms with E-state index in [-0.39, 0.29) is 22.1 Å². The number of nitro groups is 1. The van der Waals surface area contributed by atoms with Crippen molar-refractivity contribution in [2.75, 3.05) is 0 Å². The molecule has 0 saturated carbocycles. The van der Waals surface area contributed by atoms with Crippen LogP contribution in [0.5, 0.6) is 0 Å². The molecule has 0 fully saturated rings. The average molecular weight is 345 g/mol. The van der Waals surface area contributed by atoms with Crippen molar-refractivity contribution >= 4 is 23.0 Å². The Balaban J connectivity index is 2.44. The molecule has 0 aliphatic rings. The molecule has 2 rings (SSSR count). The molecule has 0 bridgehead atoms. The topological polar surface area (TPSA) is 94.4 Å². The maximum atomic E-state index is 12.6. The van der Waals surface area contributed by atoms with E-state index in [0.717, 1.165) is 0 Å². The summed E-state index contributed by atoms with van der Waals surface area (Å²) in [6.45, 7) is 0. The Morgan fingerprint density at radius 1 is 1.30 bits per heavy atom. The number of rotatable bonds is 3. The summed E-state index contributed by atoms with van der Waals surface area (Å²) in [5, 5.41) is 13.8. The van der Waals surface area contributed by atoms with E-state index in [4.69, 9.17) is 17.4 Å². The van der Waals surface area contributed by atoms with Gasteiger partial charge in [-0.25, -0.2) is 0 Å². The van der Waals surface area contributed by atoms with E-state index in [1.165, 1.54) is 24.3 Å². The van der Waals surface area contributed by atoms with Gasteiger partial charge in [0.1, 0.15) is 11.4 Å². The number of hydrazone groups is 1. The summed E-state index contributed by atoms with van der Waals surface area (Å²) in [6.07, 6.45) is -3.97. The normalized spacial score (nSPS) is 12.3. The van der Waals surface area contributed by atoms with E-state index in [1.807, 2.05) is 0 Å². The lowest BCUT2D eigenvalue weighted by Gasteiger charge is -2.10. The van der Waals surface area contributed by atoms with Gasteiger partial charge >= 0.3 is 6.18 Å². The first kappa shape index (κ1) is 16.7. The van der Waals surface area contributed by atoms with Gasteiger partial charge in [0.15, 0.2) is 0 Å². The summed E-state index contributed by atoms with van der Waals surface area (Å²) >= 11 is 5.83. The molecule has 0 aliphatic carbocycles. The van der Waals surface area contributed by atoms with E-state index in [9.17, 15) is 23.3 Å². The van der Waals surface area contributed by atoms with Crippen molar-refractivity contribution in [3.05, 3.63) is 68.5 Å². The van der Waals surface area contributed by atoms with E-state index in [1.54, 1.807) is 0 Å². The summed E-state index contributed by atoms with van der Waals surface area (Å²) in [4.78, 5) is 13.7. The number of hydrogen-bond acceptors (Lipinski definition) is 5. The van der Waals surface area contributed by atoms with Crippen LogP contribution >= 0.6 is 11.6 Å². The maximum Gasteiger partial charge on any atom is 0.417 e. The first-order valence-corrected chi connectivity index (χ1v) is 6.37. The number of hydrogen-bond donors (Lipinski definition) is 1. The van der Waals surface area contributed by atoms with Crippen LogP contribution in [0.15, 0.2) is 41.6 Å². The lowest BCUT2D eigenvalue weighted by Crippen LogP contribution is -2.12. The van der Waals surface area contributed by atoms with Crippen LogP contribution in [-0.2, 0) is 6.18 Å². The van der Waals surface area contributed by atoms with Crippen LogP contribution in [0.25, 0.3) is 0 Å². The first-order chi connectivity index (χ1) is 10.7. The molecule has 0 saturated heterocycles. The Morgan fingerprint density at radius 2 is 1.91 bits per heavy atom. The number of halogens is 4. The largest absolute Gasteiger partial charge is 0.417 e. The van der Waals surface area contributed by atoms with Gasteiger partial charge < -0.3 is 5.84 Å². The number of benzene rings is 1. The highest BCUT2D eigenvalue weighted by atomic mass is 35.5. The summed E-state index contributed by atoms with van der Waals surface area (Å²) < 4.78 is 37.8. The van der Waals surface area contributed by atoms with Gasteiger partial charge in [-0.1, -0.05) is 11.6 Å². The fraction of sp³-hybridized carbons (Fsp3) is 0.0769. The third kappa shape index (κ3) is 3.57. The predicted molar refractivity (Wildman–Crippen MR) is 77.2 cm³/mol. The highest BCUT2D eigenvalue weighted by molar-refractivity contribution is 6.35. The van der Waals surface area contributed by atoms with Crippen molar-refractivity contribution in [2.45, 2.75) is 6.18 Å². The molecule has 10 heteroatoms. The molecule has 1 aromatic heterocycles. The molecule has 2 N–H and O–H groups in total. The monoisotopic (exact) mass is 344 g/mol. The fourth-order valence-electron chi connectivity index (χ4n) is 1.78. The standard InChI is InChI=1S/C13H8ClF3N4O2/c14-10-5-8(13(15,16)17)6-19-12(10)11(20-18)7-1-3-9(4-2-7)21(22)23/h1-6H,18H2/b20-11-. The number of pyridine rings is 1. The summed E-state index contributed by atoms with van der Waals surface area (Å²) in [6, 6.07) is 5.82. The highest BCUT2D eigenvalue weighted by Gasteiger charge is 2.32. The molecular formula is C13H8ClF3N4O2. The van der Waals surface area contributed by atoms with Crippen LogP contribution in [0.3, 0.4) is 0 Å². The molecule has 0 aliphatic heterocycles. The third-order valence-corrected chi connectivity index (χ3v) is 3.16. The molecule has 2 aromatic rings. The van der Waals surface area contributed by atoms with Crippen molar-refractivity contribution in [3.8, 4) is 0 Å². The minimum absolute atomic E-state index is 0.0126. The molecule has 0 radical (unpaired) electrons. The number of nitrogens with two attached hydrogens (primary N) is 1. The minimum Gasteiger partial charge on any atom is -0.323 e. The molecule has 0 atom stereocenters. The van der Waals surface area contributed by atoms with Gasteiger partial charge in [-0.2, -0.15) is 18.3 Å². The molecular weight excluding hydrogens is 337 g/mol. The zero-order chi connectivity index (χ0) is 17.2. The molecule has 0 unspecified atom stereocenters. The van der Waals surface area contributed by atoms with Crippen LogP contribution < -0.4 is 5.84 Å². The molecule has 0 spiro atoms. The Morgan fingerprint density at radius 3 is 2.35 bits per heavy atom. The summed E-state index contributed by atoms with van der Waals surface area (Å²) in [5.41, 5.74) is -0.884. The quantitative estimate of drug-likeness (QED) is 0.399. The average Bonchev–Trinajstić information content (AvgIpc) is 2.49. The second-order valence-electron chi connectivity index (χ2n) is 4.33. The van der Waals surface area contributed by atoms with Gasteiger partial charge in [-0.05, 0) is 18.2 Å². The van der Waals surface area contributed by atoms with E-state index in [0.29, 0.717) is 17.8 Å². The van der Waals surface area contributed by atoms with Gasteiger partial charge in [0.2, 0.25) is 0 Å². The Bertz CT molecular complexity index is 776. The number of alkyl halides is 3. The van der Waals surface area contributed by atoms with Crippen LogP contribution in [0.1, 0.15) is 16.8 Å². The smallest absolute Gasteiger partial charge is 0.323 e.